The van der Waals surface area contributed by atoms with Gasteiger partial charge in [0, 0.05) is 58.0 Å². The van der Waals surface area contributed by atoms with E-state index >= 15 is 0 Å². The molecule has 0 spiro atoms. The summed E-state index contributed by atoms with van der Waals surface area (Å²) in [4.78, 5) is 45.7. The summed E-state index contributed by atoms with van der Waals surface area (Å²) in [6.45, 7) is 9.08. The Balaban J connectivity index is 0.000000586. The Kier molecular flexibility index (Phi) is 10.4. The van der Waals surface area contributed by atoms with Gasteiger partial charge >= 0.3 is 17.3 Å². The normalized spacial score (nSPS) is 13.2. The van der Waals surface area contributed by atoms with Gasteiger partial charge in [-0.2, -0.15) is 0 Å². The van der Waals surface area contributed by atoms with Crippen molar-refractivity contribution in [1.29, 1.82) is 0 Å². The Morgan fingerprint density at radius 2 is 1.66 bits per heavy atom. The quantitative estimate of drug-likeness (QED) is 0.638. The van der Waals surface area contributed by atoms with Gasteiger partial charge in [-0.1, -0.05) is 7.43 Å². The number of hydrogen-bond donors (Lipinski definition) is 1. The highest BCUT2D eigenvalue weighted by atomic mass is 16.4. The highest BCUT2D eigenvalue weighted by Crippen LogP contribution is 2.14. The summed E-state index contributed by atoms with van der Waals surface area (Å²) in [5, 5.41) is 8.47. The molecule has 0 radical (unpaired) electrons. The minimum Gasteiger partial charge on any atom is -0.481 e. The predicted octanol–water partition coefficient (Wildman–Crippen LogP) is 3.97. The summed E-state index contributed by atoms with van der Waals surface area (Å²) in [6, 6.07) is 0.275. The molecule has 2 aromatic heterocycles. The molecule has 1 aliphatic heterocycles. The largest absolute Gasteiger partial charge is 0.481 e. The number of carbonyl (C=O) groups excluding carboxylic acids is 1. The molecule has 0 fully saturated rings. The molecule has 9 nitrogen and oxygen atoms in total. The second kappa shape index (κ2) is 12.3. The lowest BCUT2D eigenvalue weighted by atomic mass is 10.2. The van der Waals surface area contributed by atoms with Crippen LogP contribution in [0.15, 0.2) is 28.2 Å². The number of carbonyl (C=O) groups is 2. The lowest BCUT2D eigenvalue weighted by molar-refractivity contribution is -0.137. The third-order valence-corrected chi connectivity index (χ3v) is 5.35. The van der Waals surface area contributed by atoms with Gasteiger partial charge in [-0.3, -0.25) is 27.9 Å². The molecule has 0 aliphatic carbocycles. The van der Waals surface area contributed by atoms with Gasteiger partial charge in [-0.15, -0.1) is 0 Å². The number of Topliss-reactive ketones (excluding diaryl/α,β-unsaturated/α-hetero) is 1. The zero-order valence-corrected chi connectivity index (χ0v) is 18.9. The molecule has 3 heterocycles. The maximum absolute atomic E-state index is 11.9. The van der Waals surface area contributed by atoms with Crippen LogP contribution in [0.5, 0.6) is 0 Å². The first-order valence-corrected chi connectivity index (χ1v) is 11.0. The lowest BCUT2D eigenvalue weighted by Gasteiger charge is -2.04. The van der Waals surface area contributed by atoms with Crippen molar-refractivity contribution in [2.45, 2.75) is 98.8 Å². The van der Waals surface area contributed by atoms with E-state index in [1.54, 1.807) is 36.9 Å². The molecule has 0 saturated carbocycles. The van der Waals surface area contributed by atoms with Gasteiger partial charge in [0.15, 0.2) is 5.78 Å². The first-order valence-electron chi connectivity index (χ1n) is 11.0. The van der Waals surface area contributed by atoms with Gasteiger partial charge in [0.05, 0.1) is 0 Å². The van der Waals surface area contributed by atoms with E-state index in [1.807, 2.05) is 27.7 Å². The molecule has 1 aliphatic rings. The van der Waals surface area contributed by atoms with Crippen molar-refractivity contribution in [3.8, 4) is 0 Å². The molecule has 0 atom stereocenters. The second-order valence-electron chi connectivity index (χ2n) is 8.46. The third kappa shape index (κ3) is 6.83. The number of aryl methyl sites for hydroxylation is 1. The fourth-order valence-electron chi connectivity index (χ4n) is 3.54. The van der Waals surface area contributed by atoms with Crippen LogP contribution >= 0.6 is 0 Å². The van der Waals surface area contributed by atoms with Crippen LogP contribution < -0.4 is 11.4 Å². The summed E-state index contributed by atoms with van der Waals surface area (Å²) in [5.74, 6) is -0.684. The van der Waals surface area contributed by atoms with E-state index in [1.165, 1.54) is 0 Å². The van der Waals surface area contributed by atoms with Crippen LogP contribution in [-0.2, 0) is 17.9 Å². The molecule has 32 heavy (non-hydrogen) atoms. The molecule has 0 amide bonds. The fraction of sp³-hybridized carbons (Fsp3) is 0.652. The van der Waals surface area contributed by atoms with E-state index in [0.717, 1.165) is 12.8 Å². The van der Waals surface area contributed by atoms with Crippen molar-refractivity contribution in [3.05, 3.63) is 45.3 Å². The van der Waals surface area contributed by atoms with Crippen molar-refractivity contribution >= 4 is 11.8 Å². The number of carboxylic acid groups (broad SMARTS) is 1. The number of hydrogen-bond acceptors (Lipinski definition) is 4. The monoisotopic (exact) mass is 453 g/mol. The number of unbranched alkanes of at least 4 members (excludes halogenated alkanes) is 1. The van der Waals surface area contributed by atoms with E-state index in [0.29, 0.717) is 38.0 Å². The Labute approximate surface area is 190 Å². The molecule has 9 heteroatoms. The van der Waals surface area contributed by atoms with Gasteiger partial charge in [0.25, 0.3) is 0 Å². The number of ketones is 1. The van der Waals surface area contributed by atoms with E-state index in [-0.39, 0.29) is 44.5 Å². The number of fused-ring (bicyclic) bond motifs is 1. The van der Waals surface area contributed by atoms with Crippen LogP contribution in [0.3, 0.4) is 0 Å². The standard InChI is InChI=1S/C11H18N2O3.C11H16N2O2.CH4.H2/c1-9(2)13-8-7-12(11(13)16)6-4-3-5-10(14)15;1-8(2)13-7-9-10(14)5-3-4-6-12(9)11(13)15;;/h7-9H,3-6H2,1-2H3,(H,14,15);7-8H,3-6H2,1-2H3;1H4;1H/i;;;1+1. The van der Waals surface area contributed by atoms with Gasteiger partial charge < -0.3 is 5.11 Å². The van der Waals surface area contributed by atoms with E-state index in [2.05, 4.69) is 0 Å². The van der Waals surface area contributed by atoms with E-state index in [9.17, 15) is 19.2 Å². The van der Waals surface area contributed by atoms with Gasteiger partial charge in [-0.05, 0) is 53.4 Å². The van der Waals surface area contributed by atoms with Crippen LogP contribution in [0.1, 0.15) is 97.6 Å². The first kappa shape index (κ1) is 27.2. The smallest absolute Gasteiger partial charge is 0.328 e. The molecule has 1 N–H and O–H groups in total. The molecule has 0 aromatic carbocycles. The SMILES string of the molecule is C.CC(C)n1cc2n(c1=O)CCCCC2=O.CC(C)n1ccn(CCCCC(=O)O)c1=O.[2HH]. The number of imidazole rings is 2. The van der Waals surface area contributed by atoms with Crippen molar-refractivity contribution in [2.75, 3.05) is 0 Å². The second-order valence-corrected chi connectivity index (χ2v) is 8.46. The minimum atomic E-state index is -0.785. The third-order valence-electron chi connectivity index (χ3n) is 5.35. The van der Waals surface area contributed by atoms with Gasteiger partial charge in [0.2, 0.25) is 0 Å². The van der Waals surface area contributed by atoms with E-state index < -0.39 is 5.97 Å². The molecule has 0 saturated heterocycles. The van der Waals surface area contributed by atoms with Crippen LogP contribution in [-0.4, -0.2) is 35.1 Å². The Hall–Kier alpha value is -2.84. The average molecular weight is 454 g/mol. The van der Waals surface area contributed by atoms with Crippen molar-refractivity contribution < 1.29 is 16.1 Å². The zero-order valence-electron chi connectivity index (χ0n) is 18.9. The molecule has 2 aromatic rings. The van der Waals surface area contributed by atoms with Crippen molar-refractivity contribution in [3.63, 3.8) is 0 Å². The summed E-state index contributed by atoms with van der Waals surface area (Å²) in [6.07, 6.45) is 9.10. The summed E-state index contributed by atoms with van der Waals surface area (Å²) < 4.78 is 6.55. The van der Waals surface area contributed by atoms with Crippen LogP contribution in [0.4, 0.5) is 0 Å². The number of nitrogens with zero attached hydrogens (tertiary/aromatic N) is 4. The Bertz CT molecular complexity index is 1010. The summed E-state index contributed by atoms with van der Waals surface area (Å²) in [5.41, 5.74) is 0.520. The number of carboxylic acids is 1. The maximum Gasteiger partial charge on any atom is 0.328 e. The topological polar surface area (TPSA) is 108 Å². The molecule has 3 rings (SSSR count). The van der Waals surface area contributed by atoms with Gasteiger partial charge in [0.1, 0.15) is 5.69 Å². The van der Waals surface area contributed by atoms with E-state index in [4.69, 9.17) is 5.11 Å². The highest BCUT2D eigenvalue weighted by Gasteiger charge is 2.20. The first-order chi connectivity index (χ1) is 14.6. The molecular formula is C23H40N4O5. The Morgan fingerprint density at radius 3 is 2.22 bits per heavy atom. The molecule has 0 bridgehead atoms. The van der Waals surface area contributed by atoms with Gasteiger partial charge in [-0.25, -0.2) is 9.59 Å². The Morgan fingerprint density at radius 1 is 1.00 bits per heavy atom. The summed E-state index contributed by atoms with van der Waals surface area (Å²) in [7, 11) is 0. The predicted molar refractivity (Wildman–Crippen MR) is 127 cm³/mol. The van der Waals surface area contributed by atoms with Crippen molar-refractivity contribution in [2.24, 2.45) is 0 Å². The summed E-state index contributed by atoms with van der Waals surface area (Å²) >= 11 is 0. The number of aliphatic carboxylic acids is 1. The van der Waals surface area contributed by atoms with Crippen LogP contribution in [0.25, 0.3) is 0 Å². The molecule has 182 valence electrons. The van der Waals surface area contributed by atoms with Crippen LogP contribution in [0, 0.1) is 0 Å². The maximum atomic E-state index is 11.9. The fourth-order valence-corrected chi connectivity index (χ4v) is 3.54. The van der Waals surface area contributed by atoms with Crippen LogP contribution in [0.2, 0.25) is 0 Å². The minimum absolute atomic E-state index is 0. The molecular weight excluding hydrogens is 412 g/mol. The average Bonchev–Trinajstić information content (AvgIpc) is 3.16. The lowest BCUT2D eigenvalue weighted by Crippen LogP contribution is -2.26. The van der Waals surface area contributed by atoms with Crippen molar-refractivity contribution in [1.82, 2.24) is 18.3 Å². The number of aromatic nitrogens is 4. The number of rotatable bonds is 7. The zero-order chi connectivity index (χ0) is 23.1. The molecule has 0 unspecified atom stereocenters. The highest BCUT2D eigenvalue weighted by molar-refractivity contribution is 5.94.